The van der Waals surface area contributed by atoms with Crippen molar-refractivity contribution in [2.75, 3.05) is 36.9 Å². The Morgan fingerprint density at radius 3 is 2.35 bits per heavy atom. The van der Waals surface area contributed by atoms with Gasteiger partial charge in [0.1, 0.15) is 0 Å². The van der Waals surface area contributed by atoms with Crippen molar-refractivity contribution in [3.8, 4) is 11.5 Å². The van der Waals surface area contributed by atoms with Gasteiger partial charge in [0.25, 0.3) is 5.91 Å². The number of amides is 1. The second-order valence-electron chi connectivity index (χ2n) is 9.10. The lowest BCUT2D eigenvalue weighted by Gasteiger charge is -2.23. The van der Waals surface area contributed by atoms with E-state index >= 15 is 0 Å². The maximum atomic E-state index is 13.3. The largest absolute Gasteiger partial charge is 0.490 e. The third kappa shape index (κ3) is 5.54. The fourth-order valence-electron chi connectivity index (χ4n) is 4.78. The zero-order valence-corrected chi connectivity index (χ0v) is 21.4. The summed E-state index contributed by atoms with van der Waals surface area (Å²) in [5, 5.41) is 6.58. The number of ether oxygens (including phenoxy) is 2. The Morgan fingerprint density at radius 1 is 0.946 bits per heavy atom. The van der Waals surface area contributed by atoms with E-state index in [-0.39, 0.29) is 5.91 Å². The highest BCUT2D eigenvalue weighted by molar-refractivity contribution is 6.37. The molecule has 2 aliphatic heterocycles. The quantitative estimate of drug-likeness (QED) is 0.274. The van der Waals surface area contributed by atoms with E-state index in [4.69, 9.17) is 9.47 Å². The Balaban J connectivity index is 1.51. The molecule has 5 rings (SSSR count). The highest BCUT2D eigenvalue weighted by Gasteiger charge is 2.30. The number of fused-ring (bicyclic) bond motifs is 1. The van der Waals surface area contributed by atoms with E-state index in [2.05, 4.69) is 52.0 Å². The summed E-state index contributed by atoms with van der Waals surface area (Å²) in [4.78, 5) is 15.8. The smallest absolute Gasteiger partial charge is 0.258 e. The molecule has 0 spiro atoms. The average molecular weight is 496 g/mol. The number of carbonyl (C=O) groups excluding carboxylic acids is 1. The van der Waals surface area contributed by atoms with Crippen molar-refractivity contribution in [2.24, 2.45) is 0 Å². The van der Waals surface area contributed by atoms with Crippen LogP contribution >= 0.6 is 0 Å². The van der Waals surface area contributed by atoms with Crippen LogP contribution in [0.2, 0.25) is 0 Å². The lowest BCUT2D eigenvalue weighted by atomic mass is 9.99. The van der Waals surface area contributed by atoms with Crippen LogP contribution in [0.4, 0.5) is 11.4 Å². The van der Waals surface area contributed by atoms with Crippen LogP contribution in [0.1, 0.15) is 37.0 Å². The highest BCUT2D eigenvalue weighted by atomic mass is 16.5. The first kappa shape index (κ1) is 24.7. The fourth-order valence-corrected chi connectivity index (χ4v) is 4.78. The van der Waals surface area contributed by atoms with Crippen LogP contribution < -0.4 is 20.1 Å². The van der Waals surface area contributed by atoms with Crippen LogP contribution in [0.3, 0.4) is 0 Å². The second kappa shape index (κ2) is 11.4. The van der Waals surface area contributed by atoms with Crippen LogP contribution in [-0.4, -0.2) is 37.1 Å². The third-order valence-corrected chi connectivity index (χ3v) is 6.51. The number of benzene rings is 3. The molecule has 0 radical (unpaired) electrons. The minimum atomic E-state index is -0.160. The first-order valence-electron chi connectivity index (χ1n) is 12.9. The van der Waals surface area contributed by atoms with Crippen molar-refractivity contribution in [3.63, 3.8) is 0 Å². The SMILES string of the molecule is CCOc1cc2c(cc1OCC)C(=C(Nc1ccc(CN3CC=CCC3)cc1)c1ccccc1)C(=O)N2. The monoisotopic (exact) mass is 495 g/mol. The van der Waals surface area contributed by atoms with E-state index in [0.29, 0.717) is 36.0 Å². The van der Waals surface area contributed by atoms with Crippen LogP contribution in [-0.2, 0) is 11.3 Å². The first-order valence-corrected chi connectivity index (χ1v) is 12.9. The molecular weight excluding hydrogens is 462 g/mol. The van der Waals surface area contributed by atoms with Gasteiger partial charge in [0.2, 0.25) is 0 Å². The molecule has 0 bridgehead atoms. The molecule has 6 heteroatoms. The van der Waals surface area contributed by atoms with E-state index in [9.17, 15) is 4.79 Å². The van der Waals surface area contributed by atoms with E-state index < -0.39 is 0 Å². The Labute approximate surface area is 218 Å². The molecule has 2 aliphatic rings. The zero-order valence-electron chi connectivity index (χ0n) is 21.4. The van der Waals surface area contributed by atoms with Gasteiger partial charge in [-0.2, -0.15) is 0 Å². The third-order valence-electron chi connectivity index (χ3n) is 6.51. The molecule has 2 heterocycles. The summed E-state index contributed by atoms with van der Waals surface area (Å²) in [6.07, 6.45) is 5.58. The van der Waals surface area contributed by atoms with Gasteiger partial charge in [-0.1, -0.05) is 54.6 Å². The van der Waals surface area contributed by atoms with Gasteiger partial charge < -0.3 is 20.1 Å². The number of nitrogens with zero attached hydrogens (tertiary/aromatic N) is 1. The predicted octanol–water partition coefficient (Wildman–Crippen LogP) is 6.18. The maximum Gasteiger partial charge on any atom is 0.258 e. The minimum absolute atomic E-state index is 0.160. The average Bonchev–Trinajstić information content (AvgIpc) is 3.24. The summed E-state index contributed by atoms with van der Waals surface area (Å²) in [6, 6.07) is 22.2. The van der Waals surface area contributed by atoms with Crippen molar-refractivity contribution in [3.05, 3.63) is 95.6 Å². The Hall–Kier alpha value is -4.03. The minimum Gasteiger partial charge on any atom is -0.490 e. The molecular formula is C31H33N3O3. The topological polar surface area (TPSA) is 62.8 Å². The normalized spacial score (nSPS) is 16.2. The number of rotatable bonds is 9. The molecule has 1 amide bonds. The van der Waals surface area contributed by atoms with Gasteiger partial charge in [-0.25, -0.2) is 0 Å². The van der Waals surface area contributed by atoms with Crippen molar-refractivity contribution < 1.29 is 14.3 Å². The molecule has 0 unspecified atom stereocenters. The van der Waals surface area contributed by atoms with Gasteiger partial charge in [0.05, 0.1) is 30.2 Å². The van der Waals surface area contributed by atoms with Gasteiger partial charge in [0.15, 0.2) is 11.5 Å². The molecule has 6 nitrogen and oxygen atoms in total. The maximum absolute atomic E-state index is 13.3. The number of anilines is 2. The van der Waals surface area contributed by atoms with Crippen LogP contribution in [0, 0.1) is 0 Å². The molecule has 3 aromatic carbocycles. The van der Waals surface area contributed by atoms with Crippen LogP contribution in [0.15, 0.2) is 78.9 Å². The first-order chi connectivity index (χ1) is 18.2. The number of hydrogen-bond acceptors (Lipinski definition) is 5. The molecule has 0 atom stereocenters. The summed E-state index contributed by atoms with van der Waals surface area (Å²) < 4.78 is 11.6. The second-order valence-corrected chi connectivity index (χ2v) is 9.10. The van der Waals surface area contributed by atoms with Gasteiger partial charge >= 0.3 is 0 Å². The van der Waals surface area contributed by atoms with Crippen molar-refractivity contribution in [1.29, 1.82) is 0 Å². The van der Waals surface area contributed by atoms with E-state index in [1.165, 1.54) is 5.56 Å². The van der Waals surface area contributed by atoms with Crippen molar-refractivity contribution >= 4 is 28.6 Å². The van der Waals surface area contributed by atoms with Crippen LogP contribution in [0.5, 0.6) is 11.5 Å². The molecule has 0 aliphatic carbocycles. The number of nitrogens with one attached hydrogen (secondary N) is 2. The summed E-state index contributed by atoms with van der Waals surface area (Å²) in [5.74, 6) is 1.09. The standard InChI is InChI=1S/C31H33N3O3/c1-3-36-27-19-25-26(20-28(27)37-4-2)33-31(35)29(25)30(23-11-7-5-8-12-23)32-24-15-13-22(14-16-24)21-34-17-9-6-10-18-34/h5-9,11-16,19-20,32H,3-4,10,17-18,21H2,1-2H3,(H,33,35). The molecule has 0 saturated heterocycles. The van der Waals surface area contributed by atoms with Gasteiger partial charge in [-0.05, 0) is 49.6 Å². The molecule has 3 aromatic rings. The van der Waals surface area contributed by atoms with Gasteiger partial charge in [-0.3, -0.25) is 9.69 Å². The molecule has 0 aromatic heterocycles. The molecule has 0 saturated carbocycles. The zero-order chi connectivity index (χ0) is 25.6. The summed E-state index contributed by atoms with van der Waals surface area (Å²) in [7, 11) is 0. The predicted molar refractivity (Wildman–Crippen MR) is 150 cm³/mol. The highest BCUT2D eigenvalue weighted by Crippen LogP contribution is 2.43. The summed E-state index contributed by atoms with van der Waals surface area (Å²) in [6.45, 7) is 7.89. The fraction of sp³-hybridized carbons (Fsp3) is 0.258. The van der Waals surface area contributed by atoms with E-state index in [0.717, 1.165) is 48.6 Å². The van der Waals surface area contributed by atoms with Crippen molar-refractivity contribution in [1.82, 2.24) is 4.90 Å². The Bertz CT molecular complexity index is 1310. The Morgan fingerprint density at radius 2 is 1.68 bits per heavy atom. The number of carbonyl (C=O) groups is 1. The molecule has 0 fully saturated rings. The lowest BCUT2D eigenvalue weighted by Crippen LogP contribution is -2.26. The molecule has 190 valence electrons. The van der Waals surface area contributed by atoms with E-state index in [1.54, 1.807) is 0 Å². The van der Waals surface area contributed by atoms with Gasteiger partial charge in [0, 0.05) is 37.0 Å². The van der Waals surface area contributed by atoms with Crippen LogP contribution in [0.25, 0.3) is 11.3 Å². The van der Waals surface area contributed by atoms with Crippen molar-refractivity contribution in [2.45, 2.75) is 26.8 Å². The summed E-state index contributed by atoms with van der Waals surface area (Å²) >= 11 is 0. The summed E-state index contributed by atoms with van der Waals surface area (Å²) in [5.41, 5.74) is 5.95. The van der Waals surface area contributed by atoms with Gasteiger partial charge in [-0.15, -0.1) is 0 Å². The lowest BCUT2D eigenvalue weighted by molar-refractivity contribution is -0.110. The Kier molecular flexibility index (Phi) is 7.57. The molecule has 2 N–H and O–H groups in total. The number of hydrogen-bond donors (Lipinski definition) is 2. The van der Waals surface area contributed by atoms with E-state index in [1.807, 2.05) is 56.3 Å². The molecule has 37 heavy (non-hydrogen) atoms.